The van der Waals surface area contributed by atoms with E-state index in [2.05, 4.69) is 15.6 Å². The van der Waals surface area contributed by atoms with Crippen LogP contribution in [0.4, 0.5) is 0 Å². The molecule has 1 saturated carbocycles. The van der Waals surface area contributed by atoms with E-state index in [-0.39, 0.29) is 23.8 Å². The largest absolute Gasteiger partial charge is 0.359 e. The van der Waals surface area contributed by atoms with E-state index in [1.54, 1.807) is 13.2 Å². The highest BCUT2D eigenvalue weighted by atomic mass is 32.2. The van der Waals surface area contributed by atoms with Gasteiger partial charge in [-0.15, -0.1) is 0 Å². The fourth-order valence-corrected chi connectivity index (χ4v) is 3.97. The van der Waals surface area contributed by atoms with Crippen molar-refractivity contribution in [1.29, 1.82) is 0 Å². The first-order chi connectivity index (χ1) is 12.6. The van der Waals surface area contributed by atoms with Gasteiger partial charge in [0.1, 0.15) is 5.69 Å². The van der Waals surface area contributed by atoms with Crippen molar-refractivity contribution in [2.45, 2.75) is 36.9 Å². The van der Waals surface area contributed by atoms with Gasteiger partial charge in [-0.1, -0.05) is 30.0 Å². The van der Waals surface area contributed by atoms with Gasteiger partial charge in [0.15, 0.2) is 5.16 Å². The maximum Gasteiger partial charge on any atom is 0.270 e. The summed E-state index contributed by atoms with van der Waals surface area (Å²) in [6.45, 7) is 0. The minimum absolute atomic E-state index is 0.0612. The number of aromatic nitrogens is 2. The van der Waals surface area contributed by atoms with Crippen molar-refractivity contribution >= 4 is 23.6 Å². The molecule has 2 amide bonds. The normalized spacial score (nSPS) is 19.8. The molecule has 26 heavy (non-hydrogen) atoms. The first-order valence-corrected chi connectivity index (χ1v) is 10.1. The molecule has 0 bridgehead atoms. The van der Waals surface area contributed by atoms with Crippen molar-refractivity contribution in [3.05, 3.63) is 42.2 Å². The predicted octanol–water partition coefficient (Wildman–Crippen LogP) is 2.63. The summed E-state index contributed by atoms with van der Waals surface area (Å²) < 4.78 is 1.89. The molecule has 3 rings (SSSR count). The van der Waals surface area contributed by atoms with Crippen LogP contribution in [0.2, 0.25) is 0 Å². The van der Waals surface area contributed by atoms with Gasteiger partial charge < -0.3 is 10.6 Å². The van der Waals surface area contributed by atoms with Gasteiger partial charge in [-0.3, -0.25) is 14.2 Å². The van der Waals surface area contributed by atoms with Crippen molar-refractivity contribution in [2.75, 3.05) is 13.3 Å². The van der Waals surface area contributed by atoms with Gasteiger partial charge >= 0.3 is 0 Å². The van der Waals surface area contributed by atoms with Crippen LogP contribution in [0.25, 0.3) is 5.69 Å². The maximum atomic E-state index is 12.8. The standard InChI is InChI=1S/C19H24N4O2S/c1-20-17(24)13-8-10-14(11-9-13)22-18(25)16-12-21-19(26-2)23(16)15-6-4-3-5-7-15/h3-7,12-14H,8-11H2,1-2H3,(H,20,24)(H,22,25). The van der Waals surface area contributed by atoms with Crippen molar-refractivity contribution in [3.63, 3.8) is 0 Å². The Morgan fingerprint density at radius 1 is 1.15 bits per heavy atom. The molecular formula is C19H24N4O2S. The third kappa shape index (κ3) is 3.93. The second-order valence-electron chi connectivity index (χ2n) is 6.44. The molecule has 2 N–H and O–H groups in total. The average Bonchev–Trinajstić information content (AvgIpc) is 3.13. The van der Waals surface area contributed by atoms with Gasteiger partial charge in [-0.05, 0) is 44.1 Å². The Kier molecular flexibility index (Phi) is 5.98. The summed E-state index contributed by atoms with van der Waals surface area (Å²) in [5.41, 5.74) is 1.46. The second-order valence-corrected chi connectivity index (χ2v) is 7.21. The molecule has 0 aliphatic heterocycles. The van der Waals surface area contributed by atoms with E-state index in [4.69, 9.17) is 0 Å². The third-order valence-corrected chi connectivity index (χ3v) is 5.49. The summed E-state index contributed by atoms with van der Waals surface area (Å²) >= 11 is 1.51. The highest BCUT2D eigenvalue weighted by Gasteiger charge is 2.27. The van der Waals surface area contributed by atoms with Gasteiger partial charge in [0.25, 0.3) is 5.91 Å². The molecule has 1 aliphatic carbocycles. The smallest absolute Gasteiger partial charge is 0.270 e. The lowest BCUT2D eigenvalue weighted by molar-refractivity contribution is -0.125. The fourth-order valence-electron chi connectivity index (χ4n) is 3.43. The van der Waals surface area contributed by atoms with Crippen LogP contribution in [0.3, 0.4) is 0 Å². The van der Waals surface area contributed by atoms with Gasteiger partial charge in [-0.2, -0.15) is 0 Å². The van der Waals surface area contributed by atoms with E-state index >= 15 is 0 Å². The molecule has 0 unspecified atom stereocenters. The monoisotopic (exact) mass is 372 g/mol. The third-order valence-electron chi connectivity index (χ3n) is 4.84. The molecule has 138 valence electrons. The second kappa shape index (κ2) is 8.40. The van der Waals surface area contributed by atoms with Crippen molar-refractivity contribution < 1.29 is 9.59 Å². The number of nitrogens with zero attached hydrogens (tertiary/aromatic N) is 2. The van der Waals surface area contributed by atoms with Gasteiger partial charge in [0.2, 0.25) is 5.91 Å². The molecule has 2 aromatic rings. The zero-order valence-corrected chi connectivity index (χ0v) is 15.9. The molecule has 7 heteroatoms. The lowest BCUT2D eigenvalue weighted by Crippen LogP contribution is -2.40. The molecule has 6 nitrogen and oxygen atoms in total. The number of hydrogen-bond acceptors (Lipinski definition) is 4. The Morgan fingerprint density at radius 2 is 1.85 bits per heavy atom. The number of hydrogen-bond donors (Lipinski definition) is 2. The lowest BCUT2D eigenvalue weighted by Gasteiger charge is -2.28. The lowest BCUT2D eigenvalue weighted by atomic mass is 9.85. The summed E-state index contributed by atoms with van der Waals surface area (Å²) in [7, 11) is 1.67. The van der Waals surface area contributed by atoms with E-state index in [0.29, 0.717) is 5.69 Å². The highest BCUT2D eigenvalue weighted by molar-refractivity contribution is 7.98. The molecule has 0 atom stereocenters. The van der Waals surface area contributed by atoms with Crippen molar-refractivity contribution in [2.24, 2.45) is 5.92 Å². The Bertz CT molecular complexity index is 767. The molecule has 1 aliphatic rings. The van der Waals surface area contributed by atoms with E-state index in [1.165, 1.54) is 11.8 Å². The van der Waals surface area contributed by atoms with Crippen LogP contribution >= 0.6 is 11.8 Å². The molecule has 1 heterocycles. The van der Waals surface area contributed by atoms with Crippen molar-refractivity contribution in [1.82, 2.24) is 20.2 Å². The number of carbonyl (C=O) groups is 2. The summed E-state index contributed by atoms with van der Waals surface area (Å²) in [4.78, 5) is 29.0. The summed E-state index contributed by atoms with van der Waals surface area (Å²) in [6, 6.07) is 9.87. The van der Waals surface area contributed by atoms with Crippen LogP contribution in [0.1, 0.15) is 36.2 Å². The number of amides is 2. The molecule has 0 radical (unpaired) electrons. The molecular weight excluding hydrogens is 348 g/mol. The Morgan fingerprint density at radius 3 is 2.46 bits per heavy atom. The molecule has 0 spiro atoms. The average molecular weight is 372 g/mol. The number of imidazole rings is 1. The van der Waals surface area contributed by atoms with Crippen LogP contribution in [-0.4, -0.2) is 40.7 Å². The van der Waals surface area contributed by atoms with E-state index < -0.39 is 0 Å². The predicted molar refractivity (Wildman–Crippen MR) is 103 cm³/mol. The topological polar surface area (TPSA) is 76.0 Å². The first-order valence-electron chi connectivity index (χ1n) is 8.83. The molecule has 1 aromatic carbocycles. The zero-order valence-electron chi connectivity index (χ0n) is 15.1. The SMILES string of the molecule is CNC(=O)C1CCC(NC(=O)c2cnc(SC)n2-c2ccccc2)CC1. The van der Waals surface area contributed by atoms with E-state index in [1.807, 2.05) is 41.2 Å². The Balaban J connectivity index is 1.72. The Hall–Kier alpha value is -2.28. The first kappa shape index (κ1) is 18.5. The summed E-state index contributed by atoms with van der Waals surface area (Å²) in [6.07, 6.45) is 6.82. The van der Waals surface area contributed by atoms with Crippen LogP contribution in [-0.2, 0) is 4.79 Å². The minimum Gasteiger partial charge on any atom is -0.359 e. The van der Waals surface area contributed by atoms with Crippen molar-refractivity contribution in [3.8, 4) is 5.69 Å². The quantitative estimate of drug-likeness (QED) is 0.791. The van der Waals surface area contributed by atoms with Crippen LogP contribution in [0.15, 0.2) is 41.7 Å². The fraction of sp³-hybridized carbons (Fsp3) is 0.421. The molecule has 1 fully saturated rings. The number of carbonyl (C=O) groups excluding carboxylic acids is 2. The highest BCUT2D eigenvalue weighted by Crippen LogP contribution is 2.26. The van der Waals surface area contributed by atoms with Gasteiger partial charge in [0, 0.05) is 24.7 Å². The number of thioether (sulfide) groups is 1. The molecule has 0 saturated heterocycles. The van der Waals surface area contributed by atoms with E-state index in [0.717, 1.165) is 36.5 Å². The van der Waals surface area contributed by atoms with Crippen LogP contribution in [0, 0.1) is 5.92 Å². The van der Waals surface area contributed by atoms with Crippen LogP contribution in [0.5, 0.6) is 0 Å². The minimum atomic E-state index is -0.120. The van der Waals surface area contributed by atoms with Crippen LogP contribution < -0.4 is 10.6 Å². The maximum absolute atomic E-state index is 12.8. The number of nitrogens with one attached hydrogen (secondary N) is 2. The van der Waals surface area contributed by atoms with Gasteiger partial charge in [0.05, 0.1) is 6.20 Å². The Labute approximate surface area is 157 Å². The van der Waals surface area contributed by atoms with Gasteiger partial charge in [-0.25, -0.2) is 4.98 Å². The number of rotatable bonds is 5. The molecule has 1 aromatic heterocycles. The zero-order chi connectivity index (χ0) is 18.5. The number of benzene rings is 1. The summed E-state index contributed by atoms with van der Waals surface area (Å²) in [5, 5.41) is 6.61. The number of para-hydroxylation sites is 1. The van der Waals surface area contributed by atoms with E-state index in [9.17, 15) is 9.59 Å². The summed E-state index contributed by atoms with van der Waals surface area (Å²) in [5.74, 6) is 0.0395.